The first-order chi connectivity index (χ1) is 9.20. The van der Waals surface area contributed by atoms with Gasteiger partial charge in [-0.25, -0.2) is 0 Å². The average molecular weight is 315 g/mol. The van der Waals surface area contributed by atoms with Gasteiger partial charge in [0.05, 0.1) is 6.67 Å². The van der Waals surface area contributed by atoms with Crippen LogP contribution in [0.25, 0.3) is 0 Å². The summed E-state index contributed by atoms with van der Waals surface area (Å²) in [5.74, 6) is 0. The highest BCUT2D eigenvalue weighted by Gasteiger charge is 2.28. The number of nitrogens with zero attached hydrogens (tertiary/aromatic N) is 2. The number of rotatable bonds is 0. The van der Waals surface area contributed by atoms with E-state index in [4.69, 9.17) is 0 Å². The Bertz CT molecular complexity index is 608. The fourth-order valence-corrected chi connectivity index (χ4v) is 3.59. The number of halogens is 1. The molecular weight excluding hydrogens is 300 g/mol. The van der Waals surface area contributed by atoms with Crippen LogP contribution in [0.5, 0.6) is 0 Å². The summed E-state index contributed by atoms with van der Waals surface area (Å²) in [4.78, 5) is 4.93. The molecule has 0 saturated heterocycles. The molecule has 0 aromatic heterocycles. The molecule has 0 atom stereocenters. The van der Waals surface area contributed by atoms with Gasteiger partial charge in [-0.2, -0.15) is 0 Å². The molecule has 2 heterocycles. The minimum atomic E-state index is 1.00. The summed E-state index contributed by atoms with van der Waals surface area (Å²) in [5.41, 5.74) is 6.97. The van der Waals surface area contributed by atoms with Gasteiger partial charge in [-0.15, -0.1) is 0 Å². The quantitative estimate of drug-likeness (QED) is 0.723. The second kappa shape index (κ2) is 4.01. The van der Waals surface area contributed by atoms with E-state index in [1.54, 1.807) is 0 Å². The zero-order valence-electron chi connectivity index (χ0n) is 10.9. The van der Waals surface area contributed by atoms with Gasteiger partial charge in [0.25, 0.3) is 0 Å². The van der Waals surface area contributed by atoms with Gasteiger partial charge in [0.2, 0.25) is 0 Å². The lowest BCUT2D eigenvalue weighted by atomic mass is 10.0. The van der Waals surface area contributed by atoms with Gasteiger partial charge in [0.1, 0.15) is 0 Å². The number of fused-ring (bicyclic) bond motifs is 6. The highest BCUT2D eigenvalue weighted by molar-refractivity contribution is 9.10. The van der Waals surface area contributed by atoms with Crippen LogP contribution in [0.2, 0.25) is 0 Å². The Hall–Kier alpha value is -1.48. The molecular formula is C16H15BrN2. The molecule has 19 heavy (non-hydrogen) atoms. The Balaban J connectivity index is 1.83. The molecule has 96 valence electrons. The summed E-state index contributed by atoms with van der Waals surface area (Å²) in [6.07, 6.45) is 0. The minimum Gasteiger partial charge on any atom is -0.349 e. The molecule has 0 unspecified atom stereocenters. The van der Waals surface area contributed by atoms with Crippen LogP contribution in [-0.4, -0.2) is 6.67 Å². The highest BCUT2D eigenvalue weighted by Crippen LogP contribution is 2.38. The van der Waals surface area contributed by atoms with E-state index < -0.39 is 0 Å². The molecule has 4 rings (SSSR count). The molecule has 2 aliphatic rings. The van der Waals surface area contributed by atoms with Crippen LogP contribution in [-0.2, 0) is 13.1 Å². The standard InChI is InChI=1S/C16H15BrN2/c1-11-2-4-15-12(6-11)8-18-10-19(15)9-13-7-14(17)3-5-16(13)18/h2-7H,8-10H2,1H3. The lowest BCUT2D eigenvalue weighted by Gasteiger charge is -2.45. The van der Waals surface area contributed by atoms with E-state index in [1.165, 1.54) is 28.1 Å². The summed E-state index contributed by atoms with van der Waals surface area (Å²) in [6, 6.07) is 13.4. The fraction of sp³-hybridized carbons (Fsp3) is 0.250. The second-order valence-corrected chi connectivity index (χ2v) is 6.36. The van der Waals surface area contributed by atoms with Crippen molar-refractivity contribution in [2.75, 3.05) is 16.5 Å². The molecule has 2 bridgehead atoms. The van der Waals surface area contributed by atoms with Crippen molar-refractivity contribution in [3.63, 3.8) is 0 Å². The molecule has 3 heteroatoms. The van der Waals surface area contributed by atoms with Crippen LogP contribution < -0.4 is 9.80 Å². The van der Waals surface area contributed by atoms with Crippen LogP contribution in [0.4, 0.5) is 11.4 Å². The first-order valence-electron chi connectivity index (χ1n) is 6.58. The van der Waals surface area contributed by atoms with Crippen molar-refractivity contribution >= 4 is 27.3 Å². The van der Waals surface area contributed by atoms with Crippen LogP contribution in [0.1, 0.15) is 16.7 Å². The van der Waals surface area contributed by atoms with E-state index in [2.05, 4.69) is 69.1 Å². The SMILES string of the molecule is Cc1ccc2c(c1)CN1CN2Cc2cc(Br)ccc21. The third-order valence-electron chi connectivity index (χ3n) is 4.02. The van der Waals surface area contributed by atoms with E-state index in [1.807, 2.05) is 0 Å². The Labute approximate surface area is 121 Å². The molecule has 2 aromatic carbocycles. The summed E-state index contributed by atoms with van der Waals surface area (Å²) in [5, 5.41) is 0. The van der Waals surface area contributed by atoms with Crippen LogP contribution in [0.15, 0.2) is 40.9 Å². The Morgan fingerprint density at radius 1 is 0.895 bits per heavy atom. The predicted molar refractivity (Wildman–Crippen MR) is 82.6 cm³/mol. The molecule has 2 nitrogen and oxygen atoms in total. The summed E-state index contributed by atoms with van der Waals surface area (Å²) in [7, 11) is 0. The van der Waals surface area contributed by atoms with Crippen molar-refractivity contribution in [3.05, 3.63) is 57.6 Å². The van der Waals surface area contributed by atoms with Crippen molar-refractivity contribution in [2.45, 2.75) is 20.0 Å². The number of hydrogen-bond donors (Lipinski definition) is 0. The van der Waals surface area contributed by atoms with E-state index in [-0.39, 0.29) is 0 Å². The van der Waals surface area contributed by atoms with Gasteiger partial charge in [0, 0.05) is 28.9 Å². The molecule has 0 fully saturated rings. The molecule has 0 spiro atoms. The minimum absolute atomic E-state index is 1.00. The van der Waals surface area contributed by atoms with Crippen LogP contribution in [0.3, 0.4) is 0 Å². The van der Waals surface area contributed by atoms with Gasteiger partial charge >= 0.3 is 0 Å². The van der Waals surface area contributed by atoms with Crippen LogP contribution >= 0.6 is 15.9 Å². The number of aryl methyl sites for hydroxylation is 1. The molecule has 2 aliphatic heterocycles. The lowest BCUT2D eigenvalue weighted by molar-refractivity contribution is 0.650. The normalized spacial score (nSPS) is 16.1. The molecule has 2 aromatic rings. The molecule has 0 N–H and O–H groups in total. The average Bonchev–Trinajstić information content (AvgIpc) is 2.37. The van der Waals surface area contributed by atoms with E-state index in [0.29, 0.717) is 0 Å². The third kappa shape index (κ3) is 1.76. The summed E-state index contributed by atoms with van der Waals surface area (Å²) in [6.45, 7) is 5.19. The monoisotopic (exact) mass is 314 g/mol. The fourth-order valence-electron chi connectivity index (χ4n) is 3.18. The predicted octanol–water partition coefficient (Wildman–Crippen LogP) is 4.06. The number of anilines is 2. The molecule has 0 saturated carbocycles. The first-order valence-corrected chi connectivity index (χ1v) is 7.38. The van der Waals surface area contributed by atoms with Crippen molar-refractivity contribution in [1.82, 2.24) is 0 Å². The largest absolute Gasteiger partial charge is 0.349 e. The van der Waals surface area contributed by atoms with Crippen molar-refractivity contribution in [3.8, 4) is 0 Å². The molecule has 0 aliphatic carbocycles. The maximum atomic E-state index is 3.57. The van der Waals surface area contributed by atoms with E-state index >= 15 is 0 Å². The number of benzene rings is 2. The van der Waals surface area contributed by atoms with Crippen molar-refractivity contribution < 1.29 is 0 Å². The molecule has 0 amide bonds. The summed E-state index contributed by atoms with van der Waals surface area (Å²) < 4.78 is 1.16. The van der Waals surface area contributed by atoms with Crippen LogP contribution in [0, 0.1) is 6.92 Å². The lowest BCUT2D eigenvalue weighted by Crippen LogP contribution is -2.46. The maximum absolute atomic E-state index is 3.57. The highest BCUT2D eigenvalue weighted by atomic mass is 79.9. The van der Waals surface area contributed by atoms with E-state index in [9.17, 15) is 0 Å². The molecule has 0 radical (unpaired) electrons. The Morgan fingerprint density at radius 2 is 1.53 bits per heavy atom. The Morgan fingerprint density at radius 3 is 2.26 bits per heavy atom. The van der Waals surface area contributed by atoms with Gasteiger partial charge in [-0.3, -0.25) is 0 Å². The Kier molecular flexibility index (Phi) is 2.39. The van der Waals surface area contributed by atoms with Gasteiger partial charge in [-0.05, 0) is 42.3 Å². The van der Waals surface area contributed by atoms with Gasteiger partial charge in [0.15, 0.2) is 0 Å². The zero-order chi connectivity index (χ0) is 13.0. The smallest absolute Gasteiger partial charge is 0.0910 e. The third-order valence-corrected chi connectivity index (χ3v) is 4.51. The van der Waals surface area contributed by atoms with Gasteiger partial charge in [-0.1, -0.05) is 33.6 Å². The van der Waals surface area contributed by atoms with Gasteiger partial charge < -0.3 is 9.80 Å². The van der Waals surface area contributed by atoms with E-state index in [0.717, 1.165) is 24.2 Å². The topological polar surface area (TPSA) is 6.48 Å². The van der Waals surface area contributed by atoms with Crippen molar-refractivity contribution in [2.24, 2.45) is 0 Å². The maximum Gasteiger partial charge on any atom is 0.0910 e. The second-order valence-electron chi connectivity index (χ2n) is 5.44. The number of hydrogen-bond acceptors (Lipinski definition) is 2. The first kappa shape index (κ1) is 11.4. The summed E-state index contributed by atoms with van der Waals surface area (Å²) >= 11 is 3.57. The zero-order valence-corrected chi connectivity index (χ0v) is 12.4. The van der Waals surface area contributed by atoms with Crippen molar-refractivity contribution in [1.29, 1.82) is 0 Å².